The van der Waals surface area contributed by atoms with E-state index in [4.69, 9.17) is 0 Å². The van der Waals surface area contributed by atoms with Crippen molar-refractivity contribution < 1.29 is 18.3 Å². The summed E-state index contributed by atoms with van der Waals surface area (Å²) < 4.78 is 0. The Morgan fingerprint density at radius 1 is 1.33 bits per heavy atom. The number of halogens is 1. The van der Waals surface area contributed by atoms with Gasteiger partial charge in [0.15, 0.2) is 0 Å². The normalized spacial score (nSPS) is 12.4. The van der Waals surface area contributed by atoms with Gasteiger partial charge >= 0.3 is 62.3 Å². The van der Waals surface area contributed by atoms with Crippen molar-refractivity contribution in [2.24, 2.45) is 5.92 Å². The van der Waals surface area contributed by atoms with E-state index >= 15 is 0 Å². The van der Waals surface area contributed by atoms with Gasteiger partial charge in [-0.25, -0.2) is 0 Å². The zero-order valence-corrected chi connectivity index (χ0v) is 10.3. The van der Waals surface area contributed by atoms with Crippen LogP contribution in [0, 0.1) is 5.92 Å². The van der Waals surface area contributed by atoms with Crippen molar-refractivity contribution in [3.63, 3.8) is 0 Å². The minimum Gasteiger partial charge on any atom is -0.147 e. The number of hydrogen-bond acceptors (Lipinski definition) is 0. The van der Waals surface area contributed by atoms with Crippen molar-refractivity contribution >= 4 is 12.4 Å². The fourth-order valence-corrected chi connectivity index (χ4v) is 2.45. The fourth-order valence-electron chi connectivity index (χ4n) is 0.986. The van der Waals surface area contributed by atoms with Crippen LogP contribution in [0.3, 0.4) is 0 Å². The largest absolute Gasteiger partial charge is 0.147 e. The zero-order valence-electron chi connectivity index (χ0n) is 6.52. The van der Waals surface area contributed by atoms with Crippen LogP contribution >= 0.6 is 12.4 Å². The minimum absolute atomic E-state index is 0. The van der Waals surface area contributed by atoms with Crippen LogP contribution < -0.4 is 0 Å². The number of rotatable bonds is 4. The molecule has 0 fully saturated rings. The van der Waals surface area contributed by atoms with Crippen molar-refractivity contribution in [2.45, 2.75) is 38.1 Å². The summed E-state index contributed by atoms with van der Waals surface area (Å²) in [6, 6.07) is 0. The maximum Gasteiger partial charge on any atom is -0.147 e. The predicted molar refractivity (Wildman–Crippen MR) is 40.7 cm³/mol. The molecule has 0 saturated heterocycles. The van der Waals surface area contributed by atoms with Gasteiger partial charge in [-0.15, -0.1) is 12.4 Å². The van der Waals surface area contributed by atoms with Gasteiger partial charge in [-0.3, -0.25) is 0 Å². The SMILES string of the molecule is CCCC(C)C[CH2][Zn].Cl. The Hall–Kier alpha value is 0.913. The van der Waals surface area contributed by atoms with Gasteiger partial charge < -0.3 is 0 Å². The van der Waals surface area contributed by atoms with Crippen molar-refractivity contribution in [1.82, 2.24) is 0 Å². The predicted octanol–water partition coefficient (Wildman–Crippen LogP) is 3.20. The molecule has 0 radical (unpaired) electrons. The molecule has 0 spiro atoms. The van der Waals surface area contributed by atoms with Gasteiger partial charge in [0.2, 0.25) is 0 Å². The molecule has 0 amide bonds. The quantitative estimate of drug-likeness (QED) is 0.612. The fraction of sp³-hybridized carbons (Fsp3) is 1.00. The third kappa shape index (κ3) is 8.91. The molecule has 1 atom stereocenters. The molecule has 0 aliphatic carbocycles. The van der Waals surface area contributed by atoms with Crippen LogP contribution in [0.1, 0.15) is 33.1 Å². The van der Waals surface area contributed by atoms with Gasteiger partial charge in [-0.1, -0.05) is 0 Å². The molecule has 53 valence electrons. The van der Waals surface area contributed by atoms with E-state index in [1.807, 2.05) is 0 Å². The summed E-state index contributed by atoms with van der Waals surface area (Å²) in [4.78, 5) is 0. The zero-order chi connectivity index (χ0) is 6.41. The Morgan fingerprint density at radius 3 is 2.22 bits per heavy atom. The molecule has 1 unspecified atom stereocenters. The van der Waals surface area contributed by atoms with E-state index in [1.54, 1.807) is 0 Å². The van der Waals surface area contributed by atoms with E-state index in [2.05, 4.69) is 13.8 Å². The van der Waals surface area contributed by atoms with Crippen LogP contribution in [-0.4, -0.2) is 0 Å². The average Bonchev–Trinajstić information content (AvgIpc) is 1.68. The minimum atomic E-state index is 0. The van der Waals surface area contributed by atoms with Crippen molar-refractivity contribution in [1.29, 1.82) is 0 Å². The monoisotopic (exact) mass is 199 g/mol. The first-order valence-electron chi connectivity index (χ1n) is 3.60. The molecule has 0 saturated carbocycles. The van der Waals surface area contributed by atoms with E-state index in [0.29, 0.717) is 0 Å². The number of hydrogen-bond donors (Lipinski definition) is 0. The molecule has 9 heavy (non-hydrogen) atoms. The second-order valence-corrected chi connectivity index (χ2v) is 4.02. The van der Waals surface area contributed by atoms with Gasteiger partial charge in [0.25, 0.3) is 0 Å². The Bertz CT molecular complexity index is 42.2. The van der Waals surface area contributed by atoms with Crippen molar-refractivity contribution in [3.05, 3.63) is 0 Å². The first-order chi connectivity index (χ1) is 3.81. The molecule has 0 aliphatic heterocycles. The molecule has 0 bridgehead atoms. The van der Waals surface area contributed by atoms with E-state index in [0.717, 1.165) is 5.92 Å². The van der Waals surface area contributed by atoms with Crippen LogP contribution in [0.2, 0.25) is 5.02 Å². The molecule has 0 aromatic heterocycles. The van der Waals surface area contributed by atoms with Crippen LogP contribution in [0.4, 0.5) is 0 Å². The summed E-state index contributed by atoms with van der Waals surface area (Å²) in [7, 11) is 0. The molecule has 0 aromatic carbocycles. The van der Waals surface area contributed by atoms with Gasteiger partial charge in [0.1, 0.15) is 0 Å². The summed E-state index contributed by atoms with van der Waals surface area (Å²) in [6.45, 7) is 4.63. The third-order valence-corrected chi connectivity index (χ3v) is 2.33. The summed E-state index contributed by atoms with van der Waals surface area (Å²) in [6.07, 6.45) is 4.26. The van der Waals surface area contributed by atoms with Crippen LogP contribution in [0.5, 0.6) is 0 Å². The average molecular weight is 201 g/mol. The van der Waals surface area contributed by atoms with E-state index in [9.17, 15) is 0 Å². The Morgan fingerprint density at radius 2 is 1.89 bits per heavy atom. The summed E-state index contributed by atoms with van der Waals surface area (Å²) in [5, 5.41) is 1.47. The standard InChI is InChI=1S/C7H15.ClH.Zn/c1-4-6-7(3)5-2;;/h7H,2,4-6H2,1,3H3;1H;. The van der Waals surface area contributed by atoms with Crippen molar-refractivity contribution in [2.75, 3.05) is 0 Å². The van der Waals surface area contributed by atoms with Crippen LogP contribution in [-0.2, 0) is 18.3 Å². The molecule has 2 heteroatoms. The molecule has 0 N–H and O–H groups in total. The molecule has 0 nitrogen and oxygen atoms in total. The molecule has 0 heterocycles. The second-order valence-electron chi connectivity index (χ2n) is 2.54. The van der Waals surface area contributed by atoms with Crippen molar-refractivity contribution in [3.8, 4) is 0 Å². The van der Waals surface area contributed by atoms with E-state index < -0.39 is 0 Å². The first kappa shape index (κ1) is 12.6. The summed E-state index contributed by atoms with van der Waals surface area (Å²) in [5.41, 5.74) is 0. The van der Waals surface area contributed by atoms with E-state index in [1.165, 1.54) is 42.6 Å². The third-order valence-electron chi connectivity index (χ3n) is 1.48. The van der Waals surface area contributed by atoms with Crippen LogP contribution in [0.25, 0.3) is 0 Å². The Labute approximate surface area is 74.9 Å². The summed E-state index contributed by atoms with van der Waals surface area (Å²) >= 11 is 1.48. The Balaban J connectivity index is 0. The maximum absolute atomic E-state index is 2.36. The van der Waals surface area contributed by atoms with E-state index in [-0.39, 0.29) is 12.4 Å². The summed E-state index contributed by atoms with van der Waals surface area (Å²) in [5.74, 6) is 0.994. The Kier molecular flexibility index (Phi) is 12.5. The first-order valence-corrected chi connectivity index (χ1v) is 5.70. The molecular weight excluding hydrogens is 185 g/mol. The van der Waals surface area contributed by atoms with Gasteiger partial charge in [0.05, 0.1) is 0 Å². The van der Waals surface area contributed by atoms with Gasteiger partial charge in [-0.05, 0) is 0 Å². The topological polar surface area (TPSA) is 0 Å². The smallest absolute Gasteiger partial charge is 0.147 e. The molecule has 0 rings (SSSR count). The van der Waals surface area contributed by atoms with Gasteiger partial charge in [0, 0.05) is 0 Å². The van der Waals surface area contributed by atoms with Gasteiger partial charge in [-0.2, -0.15) is 0 Å². The van der Waals surface area contributed by atoms with Crippen LogP contribution in [0.15, 0.2) is 0 Å². The molecular formula is C7H16ClZn. The molecule has 0 aliphatic rings. The molecule has 0 aromatic rings. The maximum atomic E-state index is 2.36. The second kappa shape index (κ2) is 8.91.